The van der Waals surface area contributed by atoms with Crippen molar-refractivity contribution in [3.8, 4) is 5.75 Å². The monoisotopic (exact) mass is 290 g/mol. The average molecular weight is 290 g/mol. The number of ketones is 1. The second kappa shape index (κ2) is 6.13. The Bertz CT molecular complexity index is 605. The second-order valence-electron chi connectivity index (χ2n) is 5.13. The lowest BCUT2D eigenvalue weighted by atomic mass is 10.0. The lowest BCUT2D eigenvalue weighted by Gasteiger charge is -2.13. The van der Waals surface area contributed by atoms with Crippen LogP contribution in [0, 0.1) is 0 Å². The maximum Gasteiger partial charge on any atom is 0.210 e. The van der Waals surface area contributed by atoms with Gasteiger partial charge in [-0.3, -0.25) is 4.79 Å². The van der Waals surface area contributed by atoms with Gasteiger partial charge >= 0.3 is 0 Å². The Morgan fingerprint density at radius 2 is 1.90 bits per heavy atom. The van der Waals surface area contributed by atoms with Crippen LogP contribution in [0.25, 0.3) is 0 Å². The van der Waals surface area contributed by atoms with Crippen LogP contribution in [0.2, 0.25) is 0 Å². The van der Waals surface area contributed by atoms with Crippen molar-refractivity contribution in [1.82, 2.24) is 9.59 Å². The number of ether oxygens (including phenoxy) is 1. The van der Waals surface area contributed by atoms with Crippen molar-refractivity contribution in [3.63, 3.8) is 0 Å². The predicted octanol–water partition coefficient (Wildman–Crippen LogP) is 3.68. The van der Waals surface area contributed by atoms with Crippen LogP contribution in [-0.4, -0.2) is 21.5 Å². The van der Waals surface area contributed by atoms with E-state index in [0.717, 1.165) is 17.2 Å². The predicted molar refractivity (Wildman–Crippen MR) is 79.6 cm³/mol. The van der Waals surface area contributed by atoms with E-state index in [1.807, 2.05) is 45.9 Å². The first kappa shape index (κ1) is 14.7. The Morgan fingerprint density at radius 1 is 1.20 bits per heavy atom. The molecule has 2 aromatic rings. The highest BCUT2D eigenvalue weighted by atomic mass is 32.1. The van der Waals surface area contributed by atoms with Gasteiger partial charge in [-0.25, -0.2) is 0 Å². The van der Waals surface area contributed by atoms with Crippen LogP contribution in [0.3, 0.4) is 0 Å². The summed E-state index contributed by atoms with van der Waals surface area (Å²) in [5, 5.41) is 4.06. The quantitative estimate of drug-likeness (QED) is 0.788. The Kier molecular flexibility index (Phi) is 4.49. The molecule has 4 nitrogen and oxygen atoms in total. The molecule has 0 radical (unpaired) electrons. The zero-order chi connectivity index (χ0) is 14.7. The summed E-state index contributed by atoms with van der Waals surface area (Å²) in [4.78, 5) is 13.3. The molecule has 0 bridgehead atoms. The fraction of sp³-hybridized carbons (Fsp3) is 0.400. The van der Waals surface area contributed by atoms with Crippen LogP contribution in [0.1, 0.15) is 54.5 Å². The summed E-state index contributed by atoms with van der Waals surface area (Å²) >= 11 is 1.14. The second-order valence-corrected chi connectivity index (χ2v) is 5.89. The number of para-hydroxylation sites is 1. The van der Waals surface area contributed by atoms with Gasteiger partial charge in [-0.05, 0) is 43.4 Å². The molecule has 0 unspecified atom stereocenters. The molecule has 0 saturated heterocycles. The van der Waals surface area contributed by atoms with Gasteiger partial charge in [0.15, 0.2) is 0 Å². The molecule has 1 aromatic carbocycles. The molecular formula is C15H18N2O2S. The molecule has 2 rings (SSSR count). The number of hydrogen-bond acceptors (Lipinski definition) is 5. The fourth-order valence-electron chi connectivity index (χ4n) is 1.87. The van der Waals surface area contributed by atoms with Crippen LogP contribution in [0.4, 0.5) is 0 Å². The van der Waals surface area contributed by atoms with Gasteiger partial charge in [0, 0.05) is 0 Å². The summed E-state index contributed by atoms with van der Waals surface area (Å²) in [5.74, 6) is 0.710. The van der Waals surface area contributed by atoms with Crippen molar-refractivity contribution in [3.05, 3.63) is 40.4 Å². The molecule has 106 valence electrons. The van der Waals surface area contributed by atoms with E-state index in [9.17, 15) is 4.79 Å². The van der Waals surface area contributed by atoms with Crippen molar-refractivity contribution >= 4 is 17.3 Å². The zero-order valence-corrected chi connectivity index (χ0v) is 12.9. The molecule has 20 heavy (non-hydrogen) atoms. The number of benzene rings is 1. The van der Waals surface area contributed by atoms with E-state index in [1.165, 1.54) is 0 Å². The molecule has 0 fully saturated rings. The number of nitrogens with zero attached hydrogens (tertiary/aromatic N) is 2. The van der Waals surface area contributed by atoms with E-state index in [2.05, 4.69) is 9.59 Å². The summed E-state index contributed by atoms with van der Waals surface area (Å²) in [6.07, 6.45) is 0.0214. The van der Waals surface area contributed by atoms with Gasteiger partial charge < -0.3 is 4.74 Å². The molecule has 0 spiro atoms. The molecule has 0 aliphatic rings. The minimum Gasteiger partial charge on any atom is -0.490 e. The van der Waals surface area contributed by atoms with E-state index >= 15 is 0 Å². The smallest absolute Gasteiger partial charge is 0.210 e. The number of rotatable bonds is 5. The van der Waals surface area contributed by atoms with Crippen LogP contribution in [0.15, 0.2) is 24.3 Å². The van der Waals surface area contributed by atoms with Crippen LogP contribution in [0.5, 0.6) is 5.75 Å². The first-order valence-electron chi connectivity index (χ1n) is 6.63. The van der Waals surface area contributed by atoms with E-state index < -0.39 is 0 Å². The highest BCUT2D eigenvalue weighted by Gasteiger charge is 2.22. The van der Waals surface area contributed by atoms with Gasteiger partial charge in [0.05, 0.1) is 17.4 Å². The molecule has 0 aliphatic heterocycles. The highest BCUT2D eigenvalue weighted by Crippen LogP contribution is 2.27. The summed E-state index contributed by atoms with van der Waals surface area (Å²) in [5.41, 5.74) is 1.31. The van der Waals surface area contributed by atoms with Crippen LogP contribution >= 0.6 is 11.5 Å². The van der Waals surface area contributed by atoms with E-state index in [4.69, 9.17) is 4.74 Å². The molecule has 0 aliphatic carbocycles. The van der Waals surface area contributed by atoms with Gasteiger partial charge in [-0.15, -0.1) is 5.10 Å². The van der Waals surface area contributed by atoms with Crippen LogP contribution < -0.4 is 4.74 Å². The number of hydrogen-bond donors (Lipinski definition) is 0. The van der Waals surface area contributed by atoms with Gasteiger partial charge in [0.2, 0.25) is 5.78 Å². The van der Waals surface area contributed by atoms with Crippen molar-refractivity contribution in [2.75, 3.05) is 0 Å². The van der Waals surface area contributed by atoms with E-state index in [0.29, 0.717) is 16.2 Å². The summed E-state index contributed by atoms with van der Waals surface area (Å²) in [6, 6.07) is 7.30. The third-order valence-corrected chi connectivity index (χ3v) is 3.50. The van der Waals surface area contributed by atoms with Gasteiger partial charge in [-0.1, -0.05) is 30.5 Å². The molecule has 5 heteroatoms. The fourth-order valence-corrected chi connectivity index (χ4v) is 2.64. The van der Waals surface area contributed by atoms with Crippen molar-refractivity contribution < 1.29 is 9.53 Å². The average Bonchev–Trinajstić information content (AvgIpc) is 2.87. The molecule has 0 saturated carbocycles. The summed E-state index contributed by atoms with van der Waals surface area (Å²) < 4.78 is 9.62. The van der Waals surface area contributed by atoms with Gasteiger partial charge in [0.25, 0.3) is 0 Å². The Morgan fingerprint density at radius 3 is 2.55 bits per heavy atom. The molecule has 0 amide bonds. The minimum atomic E-state index is -0.0695. The zero-order valence-electron chi connectivity index (χ0n) is 12.1. The first-order chi connectivity index (χ1) is 9.50. The highest BCUT2D eigenvalue weighted by molar-refractivity contribution is 7.08. The van der Waals surface area contributed by atoms with Gasteiger partial charge in [-0.2, -0.15) is 0 Å². The van der Waals surface area contributed by atoms with Crippen molar-refractivity contribution in [2.45, 2.75) is 39.7 Å². The molecule has 0 atom stereocenters. The topological polar surface area (TPSA) is 52.1 Å². The van der Waals surface area contributed by atoms with Gasteiger partial charge in [0.1, 0.15) is 10.6 Å². The summed E-state index contributed by atoms with van der Waals surface area (Å²) in [7, 11) is 0. The lowest BCUT2D eigenvalue weighted by Crippen LogP contribution is -2.11. The Balaban J connectivity index is 2.41. The van der Waals surface area contributed by atoms with E-state index in [1.54, 1.807) is 6.07 Å². The Labute approximate surface area is 123 Å². The molecule has 0 N–H and O–H groups in total. The van der Waals surface area contributed by atoms with Crippen molar-refractivity contribution in [1.29, 1.82) is 0 Å². The van der Waals surface area contributed by atoms with E-state index in [-0.39, 0.29) is 17.8 Å². The largest absolute Gasteiger partial charge is 0.490 e. The third-order valence-electron chi connectivity index (χ3n) is 2.76. The first-order valence-corrected chi connectivity index (χ1v) is 7.40. The normalized spacial score (nSPS) is 11.1. The standard InChI is InChI=1S/C15H18N2O2S/c1-9(2)13-15(20-17-16-13)14(18)11-7-5-6-8-12(11)19-10(3)4/h5-10H,1-4H3. The van der Waals surface area contributed by atoms with Crippen LogP contribution in [-0.2, 0) is 0 Å². The molecule has 1 aromatic heterocycles. The minimum absolute atomic E-state index is 0.0214. The third kappa shape index (κ3) is 3.04. The maximum atomic E-state index is 12.7. The number of carbonyl (C=O) groups excluding carboxylic acids is 1. The summed E-state index contributed by atoms with van der Waals surface area (Å²) in [6.45, 7) is 7.89. The maximum absolute atomic E-state index is 12.7. The lowest BCUT2D eigenvalue weighted by molar-refractivity contribution is 0.103. The SMILES string of the molecule is CC(C)Oc1ccccc1C(=O)c1snnc1C(C)C. The molecule has 1 heterocycles. The Hall–Kier alpha value is -1.75. The van der Waals surface area contributed by atoms with Crippen molar-refractivity contribution in [2.24, 2.45) is 0 Å². The molecular weight excluding hydrogens is 272 g/mol. The number of carbonyl (C=O) groups is 1. The number of aromatic nitrogens is 2.